The molecule has 35 heavy (non-hydrogen) atoms. The number of fused-ring (bicyclic) bond motifs is 3. The van der Waals surface area contributed by atoms with E-state index in [1.165, 1.54) is 7.11 Å². The molecule has 1 aliphatic rings. The summed E-state index contributed by atoms with van der Waals surface area (Å²) in [5.74, 6) is -1.78. The maximum Gasteiger partial charge on any atom is 0.411 e. The third kappa shape index (κ3) is 5.17. The van der Waals surface area contributed by atoms with Crippen LogP contribution in [-0.2, 0) is 25.6 Å². The fraction of sp³-hybridized carbons (Fsp3) is 0.222. The van der Waals surface area contributed by atoms with Crippen molar-refractivity contribution < 1.29 is 33.7 Å². The molecule has 0 aliphatic heterocycles. The van der Waals surface area contributed by atoms with Crippen molar-refractivity contribution in [1.82, 2.24) is 0 Å². The number of rotatable bonds is 8. The van der Waals surface area contributed by atoms with Gasteiger partial charge in [-0.25, -0.2) is 14.4 Å². The summed E-state index contributed by atoms with van der Waals surface area (Å²) >= 11 is 0. The van der Waals surface area contributed by atoms with E-state index >= 15 is 0 Å². The summed E-state index contributed by atoms with van der Waals surface area (Å²) in [5.41, 5.74) is 6.04. The van der Waals surface area contributed by atoms with Gasteiger partial charge in [-0.3, -0.25) is 5.32 Å². The molecule has 0 atom stereocenters. The predicted molar refractivity (Wildman–Crippen MR) is 129 cm³/mol. The Bertz CT molecular complexity index is 1240. The fourth-order valence-corrected chi connectivity index (χ4v) is 4.31. The Kier molecular flexibility index (Phi) is 7.12. The summed E-state index contributed by atoms with van der Waals surface area (Å²) < 4.78 is 15.6. The molecule has 0 heterocycles. The van der Waals surface area contributed by atoms with Crippen LogP contribution in [0.5, 0.6) is 0 Å². The lowest BCUT2D eigenvalue weighted by molar-refractivity contribution is -0.142. The number of aliphatic carboxylic acids is 1. The molecule has 0 spiro atoms. The maximum absolute atomic E-state index is 12.8. The number of benzene rings is 3. The highest BCUT2D eigenvalue weighted by Crippen LogP contribution is 2.44. The van der Waals surface area contributed by atoms with Gasteiger partial charge < -0.3 is 19.3 Å². The number of esters is 1. The number of hydrogen-bond acceptors (Lipinski definition) is 6. The van der Waals surface area contributed by atoms with Crippen molar-refractivity contribution in [2.75, 3.05) is 25.6 Å². The van der Waals surface area contributed by atoms with Crippen LogP contribution in [0.4, 0.5) is 10.5 Å². The number of carboxylic acid groups (broad SMARTS) is 1. The Morgan fingerprint density at radius 2 is 1.60 bits per heavy atom. The third-order valence-electron chi connectivity index (χ3n) is 5.95. The molecule has 1 amide bonds. The topological polar surface area (TPSA) is 111 Å². The Balaban J connectivity index is 1.51. The van der Waals surface area contributed by atoms with Gasteiger partial charge in [0.05, 0.1) is 19.3 Å². The molecule has 8 nitrogen and oxygen atoms in total. The standard InChI is InChI=1S/C27H25NO7/c1-16-22(26(31)33-2)11-17(13-34-15-25(29)30)12-24(16)28-27(32)35-14-23-20-9-5-3-7-18(20)19-8-4-6-10-21(19)23/h3-12,23H,13-15H2,1-2H3,(H,28,32)(H,29,30). The van der Waals surface area contributed by atoms with E-state index in [-0.39, 0.29) is 24.7 Å². The molecule has 0 unspecified atom stereocenters. The van der Waals surface area contributed by atoms with E-state index in [2.05, 4.69) is 17.4 Å². The van der Waals surface area contributed by atoms with Crippen LogP contribution in [0.15, 0.2) is 60.7 Å². The van der Waals surface area contributed by atoms with Crippen LogP contribution in [0.3, 0.4) is 0 Å². The van der Waals surface area contributed by atoms with Gasteiger partial charge in [0.1, 0.15) is 13.2 Å². The first-order chi connectivity index (χ1) is 16.9. The van der Waals surface area contributed by atoms with Crippen LogP contribution in [0.1, 0.15) is 38.5 Å². The van der Waals surface area contributed by atoms with Gasteiger partial charge in [-0.1, -0.05) is 48.5 Å². The highest BCUT2D eigenvalue weighted by Gasteiger charge is 2.29. The lowest BCUT2D eigenvalue weighted by atomic mass is 9.98. The lowest BCUT2D eigenvalue weighted by Gasteiger charge is -2.17. The smallest absolute Gasteiger partial charge is 0.411 e. The highest BCUT2D eigenvalue weighted by molar-refractivity contribution is 5.95. The van der Waals surface area contributed by atoms with Crippen LogP contribution in [0.25, 0.3) is 11.1 Å². The molecular formula is C27H25NO7. The minimum atomic E-state index is -1.11. The van der Waals surface area contributed by atoms with Gasteiger partial charge in [-0.2, -0.15) is 0 Å². The molecule has 0 aromatic heterocycles. The van der Waals surface area contributed by atoms with E-state index in [9.17, 15) is 14.4 Å². The second-order valence-corrected chi connectivity index (χ2v) is 8.14. The SMILES string of the molecule is COC(=O)c1cc(COCC(=O)O)cc(NC(=O)OCC2c3ccccc3-c3ccccc32)c1C. The molecule has 4 rings (SSSR count). The van der Waals surface area contributed by atoms with E-state index < -0.39 is 24.6 Å². The van der Waals surface area contributed by atoms with Crippen LogP contribution >= 0.6 is 0 Å². The Hall–Kier alpha value is -4.17. The third-order valence-corrected chi connectivity index (χ3v) is 5.95. The van der Waals surface area contributed by atoms with Gasteiger partial charge in [-0.05, 0) is 52.4 Å². The average Bonchev–Trinajstić information content (AvgIpc) is 3.17. The van der Waals surface area contributed by atoms with Crippen LogP contribution in [-0.4, -0.2) is 43.5 Å². The quantitative estimate of drug-likeness (QED) is 0.453. The summed E-state index contributed by atoms with van der Waals surface area (Å²) in [6, 6.07) is 19.3. The molecule has 180 valence electrons. The zero-order valence-electron chi connectivity index (χ0n) is 19.4. The fourth-order valence-electron chi connectivity index (χ4n) is 4.31. The largest absolute Gasteiger partial charge is 0.480 e. The minimum Gasteiger partial charge on any atom is -0.480 e. The predicted octanol–water partition coefficient (Wildman–Crippen LogP) is 4.74. The van der Waals surface area contributed by atoms with Crippen molar-refractivity contribution in [2.24, 2.45) is 0 Å². The Morgan fingerprint density at radius 1 is 0.971 bits per heavy atom. The van der Waals surface area contributed by atoms with E-state index in [4.69, 9.17) is 19.3 Å². The second kappa shape index (κ2) is 10.4. The van der Waals surface area contributed by atoms with E-state index in [1.807, 2.05) is 36.4 Å². The number of anilines is 1. The molecule has 1 aliphatic carbocycles. The van der Waals surface area contributed by atoms with Crippen LogP contribution in [0.2, 0.25) is 0 Å². The Morgan fingerprint density at radius 3 is 2.20 bits per heavy atom. The molecule has 0 saturated carbocycles. The molecule has 0 fully saturated rings. The molecule has 3 aromatic carbocycles. The van der Waals surface area contributed by atoms with Gasteiger partial charge in [0, 0.05) is 11.6 Å². The van der Waals surface area contributed by atoms with Gasteiger partial charge in [0.2, 0.25) is 0 Å². The van der Waals surface area contributed by atoms with E-state index in [1.54, 1.807) is 19.1 Å². The molecular weight excluding hydrogens is 450 g/mol. The van der Waals surface area contributed by atoms with Crippen molar-refractivity contribution in [3.8, 4) is 11.1 Å². The van der Waals surface area contributed by atoms with Crippen molar-refractivity contribution in [3.05, 3.63) is 88.5 Å². The van der Waals surface area contributed by atoms with Gasteiger partial charge >= 0.3 is 18.0 Å². The monoisotopic (exact) mass is 475 g/mol. The van der Waals surface area contributed by atoms with E-state index in [0.29, 0.717) is 16.8 Å². The van der Waals surface area contributed by atoms with E-state index in [0.717, 1.165) is 22.3 Å². The first-order valence-corrected chi connectivity index (χ1v) is 11.0. The maximum atomic E-state index is 12.8. The number of hydrogen-bond donors (Lipinski definition) is 2. The number of carbonyl (C=O) groups excluding carboxylic acids is 2. The second-order valence-electron chi connectivity index (χ2n) is 8.14. The lowest BCUT2D eigenvalue weighted by Crippen LogP contribution is -2.19. The minimum absolute atomic E-state index is 0.0596. The summed E-state index contributed by atoms with van der Waals surface area (Å²) in [6.45, 7) is 1.27. The summed E-state index contributed by atoms with van der Waals surface area (Å²) in [5, 5.41) is 11.5. The summed E-state index contributed by atoms with van der Waals surface area (Å²) in [4.78, 5) is 35.7. The average molecular weight is 475 g/mol. The molecule has 0 bridgehead atoms. The number of carboxylic acids is 1. The summed E-state index contributed by atoms with van der Waals surface area (Å²) in [7, 11) is 1.26. The van der Waals surface area contributed by atoms with Crippen LogP contribution in [0, 0.1) is 6.92 Å². The van der Waals surface area contributed by atoms with Crippen molar-refractivity contribution >= 4 is 23.7 Å². The molecule has 8 heteroatoms. The van der Waals surface area contributed by atoms with Crippen molar-refractivity contribution in [1.29, 1.82) is 0 Å². The van der Waals surface area contributed by atoms with Gasteiger partial charge in [-0.15, -0.1) is 0 Å². The van der Waals surface area contributed by atoms with Crippen LogP contribution < -0.4 is 5.32 Å². The number of amides is 1. The van der Waals surface area contributed by atoms with Crippen molar-refractivity contribution in [3.63, 3.8) is 0 Å². The molecule has 0 saturated heterocycles. The van der Waals surface area contributed by atoms with Gasteiger partial charge in [0.25, 0.3) is 0 Å². The number of methoxy groups -OCH3 is 1. The zero-order valence-corrected chi connectivity index (χ0v) is 19.4. The molecule has 0 radical (unpaired) electrons. The van der Waals surface area contributed by atoms with Gasteiger partial charge in [0.15, 0.2) is 0 Å². The first kappa shape index (κ1) is 24.0. The molecule has 2 N–H and O–H groups in total. The highest BCUT2D eigenvalue weighted by atomic mass is 16.5. The molecule has 3 aromatic rings. The first-order valence-electron chi connectivity index (χ1n) is 11.0. The summed E-state index contributed by atoms with van der Waals surface area (Å²) in [6.07, 6.45) is -0.672. The normalized spacial score (nSPS) is 11.9. The zero-order chi connectivity index (χ0) is 24.9. The Labute approximate surface area is 202 Å². The number of nitrogens with one attached hydrogen (secondary N) is 1. The van der Waals surface area contributed by atoms with Crippen molar-refractivity contribution in [2.45, 2.75) is 19.4 Å². The number of carbonyl (C=O) groups is 3. The number of ether oxygens (including phenoxy) is 3.